The monoisotopic (exact) mass is 477 g/mol. The van der Waals surface area contributed by atoms with Gasteiger partial charge in [-0.05, 0) is 60.0 Å². The van der Waals surface area contributed by atoms with Crippen molar-refractivity contribution in [1.82, 2.24) is 4.98 Å². The smallest absolute Gasteiger partial charge is 0.328 e. The molecule has 0 saturated heterocycles. The van der Waals surface area contributed by atoms with E-state index in [0.29, 0.717) is 51.0 Å². The van der Waals surface area contributed by atoms with Crippen molar-refractivity contribution in [2.75, 3.05) is 6.61 Å². The molecule has 0 fully saturated rings. The fourth-order valence-electron chi connectivity index (χ4n) is 2.75. The third-order valence-electron chi connectivity index (χ3n) is 4.23. The molecule has 1 N–H and O–H groups in total. The molecule has 0 bridgehead atoms. The topological polar surface area (TPSA) is 68.7 Å². The molecule has 0 amide bonds. The number of pyridine rings is 1. The number of halogens is 3. The average molecular weight is 479 g/mol. The van der Waals surface area contributed by atoms with Gasteiger partial charge in [0.1, 0.15) is 5.75 Å². The summed E-state index contributed by atoms with van der Waals surface area (Å²) in [5, 5.41) is 10.1. The molecule has 0 aliphatic heterocycles. The molecular weight excluding hydrogens is 461 g/mol. The molecule has 5 nitrogen and oxygen atoms in total. The zero-order valence-electron chi connectivity index (χ0n) is 16.4. The fraction of sp³-hybridized carbons (Fsp3) is 0.130. The minimum atomic E-state index is -1.03. The van der Waals surface area contributed by atoms with Crippen LogP contribution in [0.25, 0.3) is 6.08 Å². The number of hydrogen-bond acceptors (Lipinski definition) is 4. The maximum Gasteiger partial charge on any atom is 0.328 e. The van der Waals surface area contributed by atoms with E-state index in [0.717, 1.165) is 17.2 Å². The maximum atomic E-state index is 10.7. The summed E-state index contributed by atoms with van der Waals surface area (Å²) in [6, 6.07) is 12.3. The number of ether oxygens (including phenoxy) is 2. The second-order valence-electron chi connectivity index (χ2n) is 6.60. The first-order valence-corrected chi connectivity index (χ1v) is 10.4. The van der Waals surface area contributed by atoms with Crippen LogP contribution in [-0.2, 0) is 11.2 Å². The SMILES string of the molecule is Cc1cc(C=CC(=O)O)cc(Cl)c1Oc1ccc(OCCc2ccc(Cl)c(Cl)c2)cn1. The van der Waals surface area contributed by atoms with E-state index in [-0.39, 0.29) is 0 Å². The normalized spacial score (nSPS) is 11.0. The number of benzene rings is 2. The molecule has 31 heavy (non-hydrogen) atoms. The number of aromatic nitrogens is 1. The van der Waals surface area contributed by atoms with Crippen LogP contribution in [0.3, 0.4) is 0 Å². The highest BCUT2D eigenvalue weighted by molar-refractivity contribution is 6.42. The fourth-order valence-corrected chi connectivity index (χ4v) is 3.38. The molecule has 2 aromatic carbocycles. The summed E-state index contributed by atoms with van der Waals surface area (Å²) in [6.07, 6.45) is 4.75. The van der Waals surface area contributed by atoms with Crippen molar-refractivity contribution in [3.05, 3.63) is 86.5 Å². The largest absolute Gasteiger partial charge is 0.492 e. The molecule has 0 aliphatic rings. The molecular formula is C23H18Cl3NO4. The van der Waals surface area contributed by atoms with Gasteiger partial charge in [-0.3, -0.25) is 0 Å². The van der Waals surface area contributed by atoms with E-state index in [4.69, 9.17) is 49.4 Å². The highest BCUT2D eigenvalue weighted by atomic mass is 35.5. The van der Waals surface area contributed by atoms with Crippen molar-refractivity contribution in [2.45, 2.75) is 13.3 Å². The number of nitrogens with zero attached hydrogens (tertiary/aromatic N) is 1. The second kappa shape index (κ2) is 10.5. The molecule has 3 aromatic rings. The van der Waals surface area contributed by atoms with Crippen molar-refractivity contribution in [3.63, 3.8) is 0 Å². The lowest BCUT2D eigenvalue weighted by atomic mass is 10.1. The molecule has 1 heterocycles. The predicted molar refractivity (Wildman–Crippen MR) is 123 cm³/mol. The third-order valence-corrected chi connectivity index (χ3v) is 5.25. The van der Waals surface area contributed by atoms with E-state index in [1.54, 1.807) is 36.5 Å². The van der Waals surface area contributed by atoms with Gasteiger partial charge in [-0.15, -0.1) is 0 Å². The van der Waals surface area contributed by atoms with Gasteiger partial charge in [0.15, 0.2) is 5.75 Å². The van der Waals surface area contributed by atoms with Crippen LogP contribution in [0.5, 0.6) is 17.4 Å². The Labute approximate surface area is 194 Å². The quantitative estimate of drug-likeness (QED) is 0.358. The molecule has 160 valence electrons. The van der Waals surface area contributed by atoms with Gasteiger partial charge in [0.05, 0.1) is 27.9 Å². The Morgan fingerprint density at radius 1 is 1.06 bits per heavy atom. The van der Waals surface area contributed by atoms with Crippen LogP contribution in [0, 0.1) is 6.92 Å². The second-order valence-corrected chi connectivity index (χ2v) is 7.82. The van der Waals surface area contributed by atoms with Crippen LogP contribution in [0.15, 0.2) is 54.7 Å². The molecule has 0 unspecified atom stereocenters. The minimum absolute atomic E-state index is 0.355. The molecule has 8 heteroatoms. The summed E-state index contributed by atoms with van der Waals surface area (Å²) in [5.74, 6) is 0.382. The lowest BCUT2D eigenvalue weighted by Crippen LogP contribution is -2.02. The molecule has 1 aromatic heterocycles. The van der Waals surface area contributed by atoms with Crippen molar-refractivity contribution in [3.8, 4) is 17.4 Å². The summed E-state index contributed by atoms with van der Waals surface area (Å²) >= 11 is 18.2. The summed E-state index contributed by atoms with van der Waals surface area (Å²) < 4.78 is 11.5. The van der Waals surface area contributed by atoms with Gasteiger partial charge < -0.3 is 14.6 Å². The van der Waals surface area contributed by atoms with E-state index < -0.39 is 5.97 Å². The van der Waals surface area contributed by atoms with Gasteiger partial charge in [0, 0.05) is 18.6 Å². The first kappa shape index (κ1) is 22.9. The lowest BCUT2D eigenvalue weighted by Gasteiger charge is -2.12. The zero-order valence-corrected chi connectivity index (χ0v) is 18.7. The van der Waals surface area contributed by atoms with E-state index in [2.05, 4.69) is 4.98 Å². The number of aliphatic carboxylic acids is 1. The first-order valence-electron chi connectivity index (χ1n) is 9.23. The zero-order chi connectivity index (χ0) is 22.4. The molecule has 0 saturated carbocycles. The number of carbonyl (C=O) groups is 1. The highest BCUT2D eigenvalue weighted by Gasteiger charge is 2.10. The predicted octanol–water partition coefficient (Wildman–Crippen LogP) is 6.86. The maximum absolute atomic E-state index is 10.7. The van der Waals surface area contributed by atoms with Crippen LogP contribution < -0.4 is 9.47 Å². The Balaban J connectivity index is 1.60. The number of carboxylic acids is 1. The number of carboxylic acid groups (broad SMARTS) is 1. The summed E-state index contributed by atoms with van der Waals surface area (Å²) in [7, 11) is 0. The van der Waals surface area contributed by atoms with Gasteiger partial charge in [0.25, 0.3) is 0 Å². The highest BCUT2D eigenvalue weighted by Crippen LogP contribution is 2.34. The minimum Gasteiger partial charge on any atom is -0.492 e. The van der Waals surface area contributed by atoms with Gasteiger partial charge >= 0.3 is 5.97 Å². The number of hydrogen-bond donors (Lipinski definition) is 1. The number of aryl methyl sites for hydroxylation is 1. The van der Waals surface area contributed by atoms with E-state index >= 15 is 0 Å². The number of rotatable bonds is 8. The summed E-state index contributed by atoms with van der Waals surface area (Å²) in [4.78, 5) is 14.9. The first-order chi connectivity index (χ1) is 14.8. The van der Waals surface area contributed by atoms with E-state index in [1.165, 1.54) is 6.08 Å². The Bertz CT molecular complexity index is 1090. The lowest BCUT2D eigenvalue weighted by molar-refractivity contribution is -0.131. The van der Waals surface area contributed by atoms with Crippen LogP contribution >= 0.6 is 34.8 Å². The van der Waals surface area contributed by atoms with Gasteiger partial charge in [-0.25, -0.2) is 9.78 Å². The van der Waals surface area contributed by atoms with E-state index in [9.17, 15) is 4.79 Å². The van der Waals surface area contributed by atoms with Crippen LogP contribution in [0.4, 0.5) is 0 Å². The van der Waals surface area contributed by atoms with Gasteiger partial charge in [-0.1, -0.05) is 40.9 Å². The van der Waals surface area contributed by atoms with Crippen molar-refractivity contribution in [2.24, 2.45) is 0 Å². The standard InChI is InChI=1S/C23H18Cl3NO4/c1-14-10-16(3-7-22(28)29)12-20(26)23(14)31-21-6-4-17(13-27-21)30-9-8-15-2-5-18(24)19(25)11-15/h2-7,10-13H,8-9H2,1H3,(H,28,29). The molecule has 0 aliphatic carbocycles. The van der Waals surface area contributed by atoms with Crippen LogP contribution in [0.2, 0.25) is 15.1 Å². The molecule has 3 rings (SSSR count). The molecule has 0 spiro atoms. The Morgan fingerprint density at radius 3 is 2.52 bits per heavy atom. The Morgan fingerprint density at radius 2 is 1.87 bits per heavy atom. The molecule has 0 atom stereocenters. The van der Waals surface area contributed by atoms with Crippen LogP contribution in [0.1, 0.15) is 16.7 Å². The van der Waals surface area contributed by atoms with Gasteiger partial charge in [-0.2, -0.15) is 0 Å². The van der Waals surface area contributed by atoms with E-state index in [1.807, 2.05) is 19.1 Å². The van der Waals surface area contributed by atoms with Crippen molar-refractivity contribution < 1.29 is 19.4 Å². The van der Waals surface area contributed by atoms with Crippen LogP contribution in [-0.4, -0.2) is 22.7 Å². The average Bonchev–Trinajstić information content (AvgIpc) is 2.73. The summed E-state index contributed by atoms with van der Waals surface area (Å²) in [6.45, 7) is 2.27. The Hall–Kier alpha value is -2.73. The third kappa shape index (κ3) is 6.62. The summed E-state index contributed by atoms with van der Waals surface area (Å²) in [5.41, 5.74) is 2.44. The van der Waals surface area contributed by atoms with Crippen molar-refractivity contribution >= 4 is 46.8 Å². The van der Waals surface area contributed by atoms with Gasteiger partial charge in [0.2, 0.25) is 5.88 Å². The van der Waals surface area contributed by atoms with Crippen molar-refractivity contribution in [1.29, 1.82) is 0 Å². The molecule has 0 radical (unpaired) electrons. The Kier molecular flexibility index (Phi) is 7.80.